The Balaban J connectivity index is 2.16. The number of nitrogens with zero attached hydrogens (tertiary/aromatic N) is 4. The highest BCUT2D eigenvalue weighted by Gasteiger charge is 2.09. The molecule has 92 valence electrons. The van der Waals surface area contributed by atoms with Gasteiger partial charge in [0.15, 0.2) is 5.65 Å². The van der Waals surface area contributed by atoms with Gasteiger partial charge in [0.1, 0.15) is 18.4 Å². The second-order valence-corrected chi connectivity index (χ2v) is 3.43. The van der Waals surface area contributed by atoms with Crippen LogP contribution < -0.4 is 5.73 Å². The Morgan fingerprint density at radius 1 is 1.35 bits per heavy atom. The summed E-state index contributed by atoms with van der Waals surface area (Å²) in [6.45, 7) is -0.376. The van der Waals surface area contributed by atoms with Crippen LogP contribution in [0.15, 0.2) is 12.5 Å². The Hall–Kier alpha value is -1.77. The molecule has 2 aromatic rings. The lowest BCUT2D eigenvalue weighted by molar-refractivity contribution is -0.0488. The van der Waals surface area contributed by atoms with Crippen molar-refractivity contribution >= 4 is 17.1 Å². The monoisotopic (exact) mass is 239 g/mol. The number of fused-ring (bicyclic) bond motifs is 1. The lowest BCUT2D eigenvalue weighted by Crippen LogP contribution is -2.23. The van der Waals surface area contributed by atoms with Crippen LogP contribution in [0.4, 0.5) is 5.95 Å². The van der Waals surface area contributed by atoms with Crippen LogP contribution in [0.1, 0.15) is 0 Å². The molecule has 0 saturated carbocycles. The molecular weight excluding hydrogens is 226 g/mol. The molecule has 0 aliphatic rings. The molecule has 0 saturated heterocycles. The van der Waals surface area contributed by atoms with Gasteiger partial charge in [-0.1, -0.05) is 0 Å². The van der Waals surface area contributed by atoms with Gasteiger partial charge in [0.05, 0.1) is 25.7 Å². The van der Waals surface area contributed by atoms with E-state index in [0.717, 1.165) is 0 Å². The smallest absolute Gasteiger partial charge is 0.222 e. The van der Waals surface area contributed by atoms with Gasteiger partial charge in [-0.05, 0) is 0 Å². The van der Waals surface area contributed by atoms with E-state index in [1.807, 2.05) is 0 Å². The van der Waals surface area contributed by atoms with Crippen molar-refractivity contribution in [3.63, 3.8) is 0 Å². The normalized spacial score (nSPS) is 11.5. The Bertz CT molecular complexity index is 496. The molecule has 2 aromatic heterocycles. The lowest BCUT2D eigenvalue weighted by atomic mass is 10.4. The number of hydrogen-bond donors (Lipinski definition) is 3. The van der Waals surface area contributed by atoms with Crippen LogP contribution in [0.3, 0.4) is 0 Å². The largest absolute Gasteiger partial charge is 0.394 e. The third-order valence-electron chi connectivity index (χ3n) is 2.23. The number of nitrogens with two attached hydrogens (primary N) is 1. The maximum atomic E-state index is 8.86. The van der Waals surface area contributed by atoms with E-state index in [4.69, 9.17) is 20.7 Å². The Kier molecular flexibility index (Phi) is 3.47. The first-order valence-corrected chi connectivity index (χ1v) is 5.01. The molecule has 8 heteroatoms. The average molecular weight is 239 g/mol. The summed E-state index contributed by atoms with van der Waals surface area (Å²) in [5.41, 5.74) is 6.63. The van der Waals surface area contributed by atoms with E-state index in [1.54, 1.807) is 4.57 Å². The summed E-state index contributed by atoms with van der Waals surface area (Å²) < 4.78 is 6.87. The van der Waals surface area contributed by atoms with Crippen molar-refractivity contribution in [1.82, 2.24) is 19.5 Å². The van der Waals surface area contributed by atoms with Crippen molar-refractivity contribution in [2.75, 3.05) is 18.9 Å². The molecule has 0 fully saturated rings. The van der Waals surface area contributed by atoms with E-state index in [0.29, 0.717) is 11.2 Å². The quantitative estimate of drug-likeness (QED) is 0.595. The van der Waals surface area contributed by atoms with Gasteiger partial charge >= 0.3 is 0 Å². The highest BCUT2D eigenvalue weighted by atomic mass is 16.5. The van der Waals surface area contributed by atoms with Crippen molar-refractivity contribution in [1.29, 1.82) is 0 Å². The molecule has 0 radical (unpaired) electrons. The van der Waals surface area contributed by atoms with E-state index < -0.39 is 6.10 Å². The van der Waals surface area contributed by atoms with Gasteiger partial charge in [0.2, 0.25) is 5.95 Å². The van der Waals surface area contributed by atoms with Crippen LogP contribution in [0.25, 0.3) is 11.2 Å². The molecule has 8 nitrogen and oxygen atoms in total. The maximum absolute atomic E-state index is 8.86. The highest BCUT2D eigenvalue weighted by Crippen LogP contribution is 2.10. The summed E-state index contributed by atoms with van der Waals surface area (Å²) in [5.74, 6) is 0.153. The van der Waals surface area contributed by atoms with E-state index in [1.165, 1.54) is 12.5 Å². The second kappa shape index (κ2) is 5.04. The van der Waals surface area contributed by atoms with Gasteiger partial charge < -0.3 is 20.7 Å². The molecule has 2 heterocycles. The third kappa shape index (κ3) is 2.49. The maximum Gasteiger partial charge on any atom is 0.222 e. The van der Waals surface area contributed by atoms with Crippen LogP contribution in [-0.2, 0) is 11.5 Å². The molecule has 0 amide bonds. The van der Waals surface area contributed by atoms with Crippen LogP contribution in [-0.4, -0.2) is 49.0 Å². The summed E-state index contributed by atoms with van der Waals surface area (Å²) in [5, 5.41) is 17.7. The number of anilines is 1. The van der Waals surface area contributed by atoms with Crippen molar-refractivity contribution < 1.29 is 14.9 Å². The molecule has 0 bridgehead atoms. The van der Waals surface area contributed by atoms with Gasteiger partial charge in [-0.3, -0.25) is 4.57 Å². The van der Waals surface area contributed by atoms with Gasteiger partial charge in [-0.15, -0.1) is 0 Å². The number of aliphatic hydroxyl groups is 2. The number of rotatable bonds is 5. The molecule has 4 N–H and O–H groups in total. The predicted molar refractivity (Wildman–Crippen MR) is 58.8 cm³/mol. The van der Waals surface area contributed by atoms with E-state index in [2.05, 4.69) is 15.0 Å². The summed E-state index contributed by atoms with van der Waals surface area (Å²) >= 11 is 0. The zero-order valence-electron chi connectivity index (χ0n) is 9.02. The summed E-state index contributed by atoms with van der Waals surface area (Å²) in [7, 11) is 0. The van der Waals surface area contributed by atoms with Crippen molar-refractivity contribution in [3.8, 4) is 0 Å². The van der Waals surface area contributed by atoms with E-state index in [9.17, 15) is 0 Å². The first-order chi connectivity index (χ1) is 8.24. The number of aliphatic hydroxyl groups excluding tert-OH is 2. The van der Waals surface area contributed by atoms with Crippen LogP contribution in [0.5, 0.6) is 0 Å². The SMILES string of the molecule is Nc1ncc2ncn(COC(CO)CO)c2n1. The van der Waals surface area contributed by atoms with Crippen molar-refractivity contribution in [3.05, 3.63) is 12.5 Å². The van der Waals surface area contributed by atoms with E-state index in [-0.39, 0.29) is 25.9 Å². The first-order valence-electron chi connectivity index (χ1n) is 5.01. The highest BCUT2D eigenvalue weighted by molar-refractivity contribution is 5.70. The van der Waals surface area contributed by atoms with Gasteiger partial charge in [0, 0.05) is 0 Å². The van der Waals surface area contributed by atoms with Crippen LogP contribution in [0.2, 0.25) is 0 Å². The Morgan fingerprint density at radius 3 is 2.82 bits per heavy atom. The molecule has 2 rings (SSSR count). The number of imidazole rings is 1. The minimum Gasteiger partial charge on any atom is -0.394 e. The third-order valence-corrected chi connectivity index (χ3v) is 2.23. The summed E-state index contributed by atoms with van der Waals surface area (Å²) in [6, 6.07) is 0. The summed E-state index contributed by atoms with van der Waals surface area (Å²) in [6.07, 6.45) is 2.43. The zero-order chi connectivity index (χ0) is 12.3. The molecule has 0 aliphatic heterocycles. The minimum absolute atomic E-state index is 0.124. The molecule has 17 heavy (non-hydrogen) atoms. The van der Waals surface area contributed by atoms with E-state index >= 15 is 0 Å². The number of ether oxygens (including phenoxy) is 1. The average Bonchev–Trinajstić information content (AvgIpc) is 2.73. The van der Waals surface area contributed by atoms with Gasteiger partial charge in [-0.25, -0.2) is 9.97 Å². The zero-order valence-corrected chi connectivity index (χ0v) is 9.02. The number of aromatic nitrogens is 4. The molecule has 0 spiro atoms. The van der Waals surface area contributed by atoms with Crippen LogP contribution in [0, 0.1) is 0 Å². The van der Waals surface area contributed by atoms with Crippen LogP contribution >= 0.6 is 0 Å². The molecule has 0 aromatic carbocycles. The lowest BCUT2D eigenvalue weighted by Gasteiger charge is -2.12. The Labute approximate surface area is 96.7 Å². The first kappa shape index (κ1) is 11.7. The molecular formula is C9H13N5O3. The fourth-order valence-electron chi connectivity index (χ4n) is 1.31. The fraction of sp³-hybridized carbons (Fsp3) is 0.444. The standard InChI is InChI=1S/C9H13N5O3/c10-9-11-1-7-8(13-9)14(4-12-7)5-17-6(2-15)3-16/h1,4,6,15-16H,2-3,5H2,(H2,10,11,13). The topological polar surface area (TPSA) is 119 Å². The van der Waals surface area contributed by atoms with Gasteiger partial charge in [0.25, 0.3) is 0 Å². The summed E-state index contributed by atoms with van der Waals surface area (Å²) in [4.78, 5) is 11.9. The minimum atomic E-state index is -0.619. The van der Waals surface area contributed by atoms with Crippen molar-refractivity contribution in [2.45, 2.75) is 12.8 Å². The number of nitrogen functional groups attached to an aromatic ring is 1. The predicted octanol–water partition coefficient (Wildman–Crippen LogP) is -1.26. The van der Waals surface area contributed by atoms with Crippen molar-refractivity contribution in [2.24, 2.45) is 0 Å². The molecule has 0 atom stereocenters. The number of hydrogen-bond acceptors (Lipinski definition) is 7. The molecule has 0 aliphatic carbocycles. The Morgan fingerprint density at radius 2 is 2.12 bits per heavy atom. The second-order valence-electron chi connectivity index (χ2n) is 3.43. The molecule has 0 unspecified atom stereocenters. The van der Waals surface area contributed by atoms with Gasteiger partial charge in [-0.2, -0.15) is 4.98 Å². The fourth-order valence-corrected chi connectivity index (χ4v) is 1.31.